The van der Waals surface area contributed by atoms with E-state index >= 15 is 0 Å². The number of benzene rings is 2. The lowest BCUT2D eigenvalue weighted by molar-refractivity contribution is -0.115. The standard InChI is InChI=1S/C18H21NOS/c1-12-5-7-17(8-6-12)21-15(4)18(20)19-16-10-13(2)9-14(3)11-16/h5-11,15H,1-4H3,(H,19,20). The Morgan fingerprint density at radius 2 is 1.52 bits per heavy atom. The van der Waals surface area contributed by atoms with E-state index in [1.54, 1.807) is 11.8 Å². The lowest BCUT2D eigenvalue weighted by Crippen LogP contribution is -2.22. The van der Waals surface area contributed by atoms with Gasteiger partial charge in [0, 0.05) is 10.6 Å². The first kappa shape index (κ1) is 15.6. The molecule has 2 nitrogen and oxygen atoms in total. The van der Waals surface area contributed by atoms with Crippen molar-refractivity contribution in [3.05, 3.63) is 59.2 Å². The van der Waals surface area contributed by atoms with E-state index in [4.69, 9.17) is 0 Å². The van der Waals surface area contributed by atoms with Gasteiger partial charge in [-0.2, -0.15) is 0 Å². The third kappa shape index (κ3) is 4.64. The van der Waals surface area contributed by atoms with Crippen LogP contribution in [0.1, 0.15) is 23.6 Å². The van der Waals surface area contributed by atoms with Gasteiger partial charge in [-0.05, 0) is 63.1 Å². The van der Waals surface area contributed by atoms with Crippen molar-refractivity contribution in [3.8, 4) is 0 Å². The molecule has 0 aromatic heterocycles. The predicted octanol–water partition coefficient (Wildman–Crippen LogP) is 4.73. The summed E-state index contributed by atoms with van der Waals surface area (Å²) in [5.41, 5.74) is 4.41. The molecule has 0 fully saturated rings. The molecular weight excluding hydrogens is 278 g/mol. The van der Waals surface area contributed by atoms with Gasteiger partial charge in [-0.3, -0.25) is 4.79 Å². The number of hydrogen-bond acceptors (Lipinski definition) is 2. The number of hydrogen-bond donors (Lipinski definition) is 1. The normalized spacial score (nSPS) is 12.0. The van der Waals surface area contributed by atoms with Crippen molar-refractivity contribution >= 4 is 23.4 Å². The number of thioether (sulfide) groups is 1. The summed E-state index contributed by atoms with van der Waals surface area (Å²) < 4.78 is 0. The van der Waals surface area contributed by atoms with Crippen LogP contribution in [0.25, 0.3) is 0 Å². The zero-order valence-corrected chi connectivity index (χ0v) is 13.8. The van der Waals surface area contributed by atoms with Crippen LogP contribution in [-0.2, 0) is 4.79 Å². The van der Waals surface area contributed by atoms with Crippen LogP contribution in [0.4, 0.5) is 5.69 Å². The molecule has 3 heteroatoms. The lowest BCUT2D eigenvalue weighted by atomic mass is 10.1. The second-order valence-corrected chi connectivity index (χ2v) is 6.85. The molecule has 0 heterocycles. The van der Waals surface area contributed by atoms with Crippen LogP contribution in [-0.4, -0.2) is 11.2 Å². The van der Waals surface area contributed by atoms with Crippen LogP contribution in [0.15, 0.2) is 47.4 Å². The number of anilines is 1. The highest BCUT2D eigenvalue weighted by Gasteiger charge is 2.14. The molecule has 0 radical (unpaired) electrons. The molecule has 1 N–H and O–H groups in total. The molecule has 1 atom stereocenters. The van der Waals surface area contributed by atoms with Crippen LogP contribution in [0, 0.1) is 20.8 Å². The van der Waals surface area contributed by atoms with Crippen molar-refractivity contribution in [3.63, 3.8) is 0 Å². The second kappa shape index (κ2) is 6.81. The molecule has 0 spiro atoms. The lowest BCUT2D eigenvalue weighted by Gasteiger charge is -2.13. The minimum atomic E-state index is -0.131. The molecule has 0 aliphatic carbocycles. The first-order valence-corrected chi connectivity index (χ1v) is 7.94. The fraction of sp³-hybridized carbons (Fsp3) is 0.278. The van der Waals surface area contributed by atoms with Gasteiger partial charge in [-0.1, -0.05) is 23.8 Å². The van der Waals surface area contributed by atoms with Crippen molar-refractivity contribution in [2.24, 2.45) is 0 Å². The predicted molar refractivity (Wildman–Crippen MR) is 91.0 cm³/mol. The van der Waals surface area contributed by atoms with Crippen molar-refractivity contribution in [2.45, 2.75) is 37.8 Å². The minimum Gasteiger partial charge on any atom is -0.325 e. The molecule has 21 heavy (non-hydrogen) atoms. The van der Waals surface area contributed by atoms with Crippen LogP contribution in [0.2, 0.25) is 0 Å². The molecule has 2 aromatic rings. The summed E-state index contributed by atoms with van der Waals surface area (Å²) in [7, 11) is 0. The van der Waals surface area contributed by atoms with Gasteiger partial charge in [-0.25, -0.2) is 0 Å². The highest BCUT2D eigenvalue weighted by Crippen LogP contribution is 2.24. The number of aryl methyl sites for hydroxylation is 3. The quantitative estimate of drug-likeness (QED) is 0.827. The van der Waals surface area contributed by atoms with E-state index in [-0.39, 0.29) is 11.2 Å². The van der Waals surface area contributed by atoms with Gasteiger partial charge in [0.05, 0.1) is 5.25 Å². The monoisotopic (exact) mass is 299 g/mol. The maximum absolute atomic E-state index is 12.3. The molecule has 1 amide bonds. The Labute approximate surface area is 131 Å². The molecule has 0 aliphatic rings. The number of rotatable bonds is 4. The van der Waals surface area contributed by atoms with E-state index in [2.05, 4.69) is 42.6 Å². The van der Waals surface area contributed by atoms with Crippen molar-refractivity contribution in [1.82, 2.24) is 0 Å². The van der Waals surface area contributed by atoms with Gasteiger partial charge in [0.25, 0.3) is 0 Å². The summed E-state index contributed by atoms with van der Waals surface area (Å²) in [5, 5.41) is 2.86. The second-order valence-electron chi connectivity index (χ2n) is 5.44. The summed E-state index contributed by atoms with van der Waals surface area (Å²) in [5.74, 6) is 0.0329. The maximum atomic E-state index is 12.3. The molecule has 1 unspecified atom stereocenters. The van der Waals surface area contributed by atoms with Crippen molar-refractivity contribution in [1.29, 1.82) is 0 Å². The number of carbonyl (C=O) groups is 1. The first-order chi connectivity index (χ1) is 9.94. The molecule has 2 aromatic carbocycles. The van der Waals surface area contributed by atoms with E-state index in [1.165, 1.54) is 5.56 Å². The summed E-state index contributed by atoms with van der Waals surface area (Å²) >= 11 is 1.58. The van der Waals surface area contributed by atoms with Gasteiger partial charge in [0.15, 0.2) is 0 Å². The highest BCUT2D eigenvalue weighted by atomic mass is 32.2. The Morgan fingerprint density at radius 3 is 2.10 bits per heavy atom. The zero-order chi connectivity index (χ0) is 15.4. The van der Waals surface area contributed by atoms with Crippen LogP contribution < -0.4 is 5.32 Å². The van der Waals surface area contributed by atoms with E-state index in [9.17, 15) is 4.79 Å². The van der Waals surface area contributed by atoms with Gasteiger partial charge in [0.2, 0.25) is 5.91 Å². The van der Waals surface area contributed by atoms with E-state index < -0.39 is 0 Å². The third-order valence-electron chi connectivity index (χ3n) is 3.19. The summed E-state index contributed by atoms with van der Waals surface area (Å²) in [6.07, 6.45) is 0. The Hall–Kier alpha value is -1.74. The van der Waals surface area contributed by atoms with Gasteiger partial charge in [-0.15, -0.1) is 11.8 Å². The summed E-state index contributed by atoms with van der Waals surface area (Å²) in [6, 6.07) is 14.3. The van der Waals surface area contributed by atoms with Crippen LogP contribution >= 0.6 is 11.8 Å². The Morgan fingerprint density at radius 1 is 0.952 bits per heavy atom. The number of carbonyl (C=O) groups excluding carboxylic acids is 1. The number of amides is 1. The molecule has 0 saturated carbocycles. The largest absolute Gasteiger partial charge is 0.325 e. The molecule has 0 saturated heterocycles. The Bertz CT molecular complexity index is 614. The van der Waals surface area contributed by atoms with Crippen LogP contribution in [0.5, 0.6) is 0 Å². The summed E-state index contributed by atoms with van der Waals surface area (Å²) in [6.45, 7) is 8.06. The third-order valence-corrected chi connectivity index (χ3v) is 4.30. The Kier molecular flexibility index (Phi) is 5.07. The molecule has 0 bridgehead atoms. The maximum Gasteiger partial charge on any atom is 0.237 e. The fourth-order valence-electron chi connectivity index (χ4n) is 2.17. The van der Waals surface area contributed by atoms with Gasteiger partial charge < -0.3 is 5.32 Å². The molecule has 110 valence electrons. The van der Waals surface area contributed by atoms with E-state index in [0.717, 1.165) is 21.7 Å². The minimum absolute atomic E-state index is 0.0329. The van der Waals surface area contributed by atoms with Crippen LogP contribution in [0.3, 0.4) is 0 Å². The molecular formula is C18H21NOS. The number of nitrogens with one attached hydrogen (secondary N) is 1. The molecule has 0 aliphatic heterocycles. The zero-order valence-electron chi connectivity index (χ0n) is 12.9. The van der Waals surface area contributed by atoms with Crippen molar-refractivity contribution in [2.75, 3.05) is 5.32 Å². The van der Waals surface area contributed by atoms with Gasteiger partial charge in [0.1, 0.15) is 0 Å². The highest BCUT2D eigenvalue weighted by molar-refractivity contribution is 8.00. The van der Waals surface area contributed by atoms with E-state index in [1.807, 2.05) is 32.9 Å². The Balaban J connectivity index is 2.00. The SMILES string of the molecule is Cc1ccc(SC(C)C(=O)Nc2cc(C)cc(C)c2)cc1. The van der Waals surface area contributed by atoms with Crippen molar-refractivity contribution < 1.29 is 4.79 Å². The smallest absolute Gasteiger partial charge is 0.237 e. The van der Waals surface area contributed by atoms with E-state index in [0.29, 0.717) is 0 Å². The molecule has 2 rings (SSSR count). The van der Waals surface area contributed by atoms with Gasteiger partial charge >= 0.3 is 0 Å². The average Bonchev–Trinajstić information content (AvgIpc) is 2.40. The average molecular weight is 299 g/mol. The fourth-order valence-corrected chi connectivity index (χ4v) is 3.03. The first-order valence-electron chi connectivity index (χ1n) is 7.06. The topological polar surface area (TPSA) is 29.1 Å². The summed E-state index contributed by atoms with van der Waals surface area (Å²) in [4.78, 5) is 13.4.